The highest BCUT2D eigenvalue weighted by molar-refractivity contribution is 6.30. The molecule has 6 nitrogen and oxygen atoms in total. The predicted molar refractivity (Wildman–Crippen MR) is 112 cm³/mol. The Hall–Kier alpha value is -3.38. The van der Waals surface area contributed by atoms with E-state index in [4.69, 9.17) is 26.8 Å². The zero-order chi connectivity index (χ0) is 21.3. The van der Waals surface area contributed by atoms with Crippen molar-refractivity contribution in [1.82, 2.24) is 4.98 Å². The fourth-order valence-corrected chi connectivity index (χ4v) is 3.48. The Morgan fingerprint density at radius 1 is 1.17 bits per heavy atom. The molecule has 1 aliphatic heterocycles. The summed E-state index contributed by atoms with van der Waals surface area (Å²) in [6.45, 7) is 2.21. The second kappa shape index (κ2) is 8.16. The van der Waals surface area contributed by atoms with Crippen LogP contribution in [0.4, 0.5) is 0 Å². The number of aromatic nitrogens is 1. The summed E-state index contributed by atoms with van der Waals surface area (Å²) in [6.07, 6.45) is 1.22. The van der Waals surface area contributed by atoms with Gasteiger partial charge < -0.3 is 15.2 Å². The number of carbonyl (C=O) groups excluding carboxylic acids is 2. The number of pyridine rings is 1. The molecule has 1 atom stereocenters. The Balaban J connectivity index is 1.74. The highest BCUT2D eigenvalue weighted by Gasteiger charge is 2.25. The lowest BCUT2D eigenvalue weighted by Gasteiger charge is -2.24. The van der Waals surface area contributed by atoms with E-state index in [0.29, 0.717) is 46.4 Å². The first-order valence-corrected chi connectivity index (χ1v) is 9.79. The van der Waals surface area contributed by atoms with Crippen LogP contribution in [0.25, 0.3) is 0 Å². The molecule has 0 saturated heterocycles. The molecule has 2 N–H and O–H groups in total. The molecule has 0 bridgehead atoms. The molecule has 1 aromatic heterocycles. The lowest BCUT2D eigenvalue weighted by atomic mass is 10.0. The number of nitrogens with two attached hydrogens (primary N) is 1. The van der Waals surface area contributed by atoms with Crippen molar-refractivity contribution in [3.8, 4) is 11.5 Å². The van der Waals surface area contributed by atoms with Crippen LogP contribution >= 0.6 is 11.6 Å². The minimum atomic E-state index is -0.569. The number of halogens is 1. The van der Waals surface area contributed by atoms with Crippen LogP contribution < -0.4 is 15.2 Å². The van der Waals surface area contributed by atoms with Gasteiger partial charge in [-0.1, -0.05) is 23.7 Å². The lowest BCUT2D eigenvalue weighted by molar-refractivity contribution is 0.0931. The first-order valence-electron chi connectivity index (χ1n) is 9.41. The van der Waals surface area contributed by atoms with Crippen LogP contribution in [0.1, 0.15) is 50.1 Å². The van der Waals surface area contributed by atoms with E-state index in [1.807, 2.05) is 19.1 Å². The number of hydrogen-bond donors (Lipinski definition) is 1. The van der Waals surface area contributed by atoms with Crippen molar-refractivity contribution in [3.05, 3.63) is 87.7 Å². The summed E-state index contributed by atoms with van der Waals surface area (Å²) in [5.41, 5.74) is 8.36. The number of carbonyl (C=O) groups is 2. The second-order valence-electron chi connectivity index (χ2n) is 6.97. The number of ether oxygens (including phenoxy) is 2. The van der Waals surface area contributed by atoms with Gasteiger partial charge in [-0.15, -0.1) is 0 Å². The number of amides is 1. The van der Waals surface area contributed by atoms with E-state index < -0.39 is 12.0 Å². The number of rotatable bonds is 5. The van der Waals surface area contributed by atoms with Gasteiger partial charge in [-0.2, -0.15) is 0 Å². The van der Waals surface area contributed by atoms with Crippen molar-refractivity contribution in [2.24, 2.45) is 5.73 Å². The van der Waals surface area contributed by atoms with Crippen molar-refractivity contribution in [2.45, 2.75) is 19.4 Å². The van der Waals surface area contributed by atoms with E-state index in [1.54, 1.807) is 36.4 Å². The summed E-state index contributed by atoms with van der Waals surface area (Å²) in [5, 5.41) is 0.603. The fraction of sp³-hybridized carbons (Fsp3) is 0.174. The molecule has 0 unspecified atom stereocenters. The molecule has 0 aliphatic carbocycles. The Bertz CT molecular complexity index is 1110. The molecular formula is C23H19ClN2O4. The molecular weight excluding hydrogens is 404 g/mol. The van der Waals surface area contributed by atoms with Crippen molar-refractivity contribution < 1.29 is 19.1 Å². The number of benzene rings is 2. The van der Waals surface area contributed by atoms with Gasteiger partial charge >= 0.3 is 0 Å². The average molecular weight is 423 g/mol. The van der Waals surface area contributed by atoms with Crippen molar-refractivity contribution in [2.75, 3.05) is 6.61 Å². The topological polar surface area (TPSA) is 91.5 Å². The third kappa shape index (κ3) is 3.86. The molecule has 1 aliphatic rings. The molecule has 7 heteroatoms. The van der Waals surface area contributed by atoms with Crippen molar-refractivity contribution in [1.29, 1.82) is 0 Å². The zero-order valence-corrected chi connectivity index (χ0v) is 17.0. The third-order valence-electron chi connectivity index (χ3n) is 4.99. The maximum atomic E-state index is 12.2. The van der Waals surface area contributed by atoms with Crippen LogP contribution in [0.3, 0.4) is 0 Å². The Kier molecular flexibility index (Phi) is 5.42. The first-order chi connectivity index (χ1) is 14.4. The molecule has 0 saturated carbocycles. The number of Topliss-reactive ketones (excluding diaryl/α,β-unsaturated/α-hetero) is 1. The number of fused-ring (bicyclic) bond motifs is 1. The van der Waals surface area contributed by atoms with Crippen LogP contribution in [0.5, 0.6) is 11.5 Å². The van der Waals surface area contributed by atoms with Gasteiger partial charge in [-0.05, 0) is 48.9 Å². The quantitative estimate of drug-likeness (QED) is 0.662. The molecule has 0 radical (unpaired) electrons. The van der Waals surface area contributed by atoms with Gasteiger partial charge in [0, 0.05) is 23.2 Å². The molecule has 4 rings (SSSR count). The average Bonchev–Trinajstić information content (AvgIpc) is 2.75. The molecule has 2 aromatic carbocycles. The summed E-state index contributed by atoms with van der Waals surface area (Å²) < 4.78 is 12.1. The highest BCUT2D eigenvalue weighted by Crippen LogP contribution is 2.38. The first kappa shape index (κ1) is 19.9. The maximum absolute atomic E-state index is 12.2. The van der Waals surface area contributed by atoms with Gasteiger partial charge in [-0.3, -0.25) is 14.6 Å². The SMILES string of the molecule is Cc1c(O[C@@H](c2ccc(Cl)cc2)c2ccc(C(N)=O)cn2)ccc2c1OCCC2=O. The smallest absolute Gasteiger partial charge is 0.250 e. The zero-order valence-electron chi connectivity index (χ0n) is 16.2. The normalized spacial score (nSPS) is 13.9. The van der Waals surface area contributed by atoms with Crippen LogP contribution in [0.2, 0.25) is 5.02 Å². The number of primary amides is 1. The minimum Gasteiger partial charge on any atom is -0.492 e. The summed E-state index contributed by atoms with van der Waals surface area (Å²) >= 11 is 6.04. The van der Waals surface area contributed by atoms with E-state index >= 15 is 0 Å². The number of hydrogen-bond acceptors (Lipinski definition) is 5. The monoisotopic (exact) mass is 422 g/mol. The van der Waals surface area contributed by atoms with Gasteiger partial charge in [0.05, 0.1) is 23.4 Å². The van der Waals surface area contributed by atoms with Crippen LogP contribution in [-0.2, 0) is 0 Å². The summed E-state index contributed by atoms with van der Waals surface area (Å²) in [4.78, 5) is 27.9. The van der Waals surface area contributed by atoms with E-state index in [2.05, 4.69) is 4.98 Å². The van der Waals surface area contributed by atoms with Gasteiger partial charge in [0.1, 0.15) is 11.5 Å². The fourth-order valence-electron chi connectivity index (χ4n) is 3.36. The number of nitrogens with zero attached hydrogens (tertiary/aromatic N) is 1. The van der Waals surface area contributed by atoms with E-state index in [0.717, 1.165) is 11.1 Å². The van der Waals surface area contributed by atoms with E-state index in [1.165, 1.54) is 6.20 Å². The predicted octanol–water partition coefficient (Wildman–Crippen LogP) is 4.28. The summed E-state index contributed by atoms with van der Waals surface area (Å²) in [7, 11) is 0. The molecule has 2 heterocycles. The molecule has 3 aromatic rings. The van der Waals surface area contributed by atoms with Crippen LogP contribution in [0.15, 0.2) is 54.7 Å². The molecule has 0 fully saturated rings. The van der Waals surface area contributed by atoms with Gasteiger partial charge in [0.25, 0.3) is 0 Å². The van der Waals surface area contributed by atoms with Gasteiger partial charge in [-0.25, -0.2) is 0 Å². The third-order valence-corrected chi connectivity index (χ3v) is 5.24. The molecule has 1 amide bonds. The van der Waals surface area contributed by atoms with Gasteiger partial charge in [0.15, 0.2) is 11.9 Å². The second-order valence-corrected chi connectivity index (χ2v) is 7.41. The Labute approximate surface area is 178 Å². The van der Waals surface area contributed by atoms with E-state index in [-0.39, 0.29) is 5.78 Å². The Morgan fingerprint density at radius 2 is 1.93 bits per heavy atom. The van der Waals surface area contributed by atoms with Gasteiger partial charge in [0.2, 0.25) is 5.91 Å². The largest absolute Gasteiger partial charge is 0.492 e. The highest BCUT2D eigenvalue weighted by atomic mass is 35.5. The minimum absolute atomic E-state index is 0.0591. The molecule has 30 heavy (non-hydrogen) atoms. The lowest BCUT2D eigenvalue weighted by Crippen LogP contribution is -2.18. The maximum Gasteiger partial charge on any atom is 0.250 e. The van der Waals surface area contributed by atoms with Crippen LogP contribution in [-0.4, -0.2) is 23.3 Å². The van der Waals surface area contributed by atoms with E-state index in [9.17, 15) is 9.59 Å². The Morgan fingerprint density at radius 3 is 2.60 bits per heavy atom. The van der Waals surface area contributed by atoms with Crippen molar-refractivity contribution >= 4 is 23.3 Å². The standard InChI is InChI=1S/C23H19ClN2O4/c1-13-20(9-7-17-19(27)10-11-29-21(13)17)30-22(14-2-5-16(24)6-3-14)18-8-4-15(12-26-18)23(25)28/h2-9,12,22H,10-11H2,1H3,(H2,25,28)/t22-/m0/s1. The summed E-state index contributed by atoms with van der Waals surface area (Å²) in [6, 6.07) is 14.0. The molecule has 0 spiro atoms. The number of ketones is 1. The molecule has 152 valence electrons. The van der Waals surface area contributed by atoms with Crippen molar-refractivity contribution in [3.63, 3.8) is 0 Å². The van der Waals surface area contributed by atoms with Crippen LogP contribution in [0, 0.1) is 6.92 Å². The summed E-state index contributed by atoms with van der Waals surface area (Å²) in [5.74, 6) is 0.633.